The normalized spacial score (nSPS) is 12.4. The van der Waals surface area contributed by atoms with E-state index in [2.05, 4.69) is 47.6 Å². The van der Waals surface area contributed by atoms with Crippen LogP contribution in [0.2, 0.25) is 0 Å². The van der Waals surface area contributed by atoms with Gasteiger partial charge in [0.1, 0.15) is 0 Å². The third kappa shape index (κ3) is 4.77. The first kappa shape index (κ1) is 13.2. The standard InChI is InChI=1S/C12H24N4/c1-12(2,3)14-6-7-15(4)9-11-8-13-10-16(11)5/h8,10,14H,6-7,9H2,1-5H3. The Labute approximate surface area is 98.7 Å². The Kier molecular flexibility index (Phi) is 4.50. The molecule has 16 heavy (non-hydrogen) atoms. The maximum Gasteiger partial charge on any atom is 0.0945 e. The molecule has 0 aliphatic carbocycles. The van der Waals surface area contributed by atoms with Gasteiger partial charge in [0.25, 0.3) is 0 Å². The fourth-order valence-electron chi connectivity index (χ4n) is 1.51. The summed E-state index contributed by atoms with van der Waals surface area (Å²) in [4.78, 5) is 6.42. The van der Waals surface area contributed by atoms with Crippen molar-refractivity contribution in [1.29, 1.82) is 0 Å². The Morgan fingerprint density at radius 2 is 2.12 bits per heavy atom. The average Bonchev–Trinajstić information content (AvgIpc) is 2.49. The molecule has 0 spiro atoms. The fraction of sp³-hybridized carbons (Fsp3) is 0.750. The van der Waals surface area contributed by atoms with Gasteiger partial charge >= 0.3 is 0 Å². The first-order chi connectivity index (χ1) is 7.38. The summed E-state index contributed by atoms with van der Waals surface area (Å²) >= 11 is 0. The summed E-state index contributed by atoms with van der Waals surface area (Å²) in [5.41, 5.74) is 1.45. The Bertz CT molecular complexity index is 311. The van der Waals surface area contributed by atoms with Crippen LogP contribution in [0.4, 0.5) is 0 Å². The van der Waals surface area contributed by atoms with Crippen LogP contribution >= 0.6 is 0 Å². The Hall–Kier alpha value is -0.870. The summed E-state index contributed by atoms with van der Waals surface area (Å²) in [5, 5.41) is 3.48. The summed E-state index contributed by atoms with van der Waals surface area (Å²) in [6.07, 6.45) is 3.77. The molecule has 1 N–H and O–H groups in total. The van der Waals surface area contributed by atoms with Crippen molar-refractivity contribution >= 4 is 0 Å². The van der Waals surface area contributed by atoms with Crippen molar-refractivity contribution in [3.63, 3.8) is 0 Å². The largest absolute Gasteiger partial charge is 0.337 e. The summed E-state index contributed by atoms with van der Waals surface area (Å²) in [7, 11) is 4.17. The molecule has 0 amide bonds. The van der Waals surface area contributed by atoms with Crippen molar-refractivity contribution in [2.45, 2.75) is 32.9 Å². The lowest BCUT2D eigenvalue weighted by Gasteiger charge is -2.23. The minimum atomic E-state index is 0.202. The molecule has 0 atom stereocenters. The second-order valence-electron chi connectivity index (χ2n) is 5.41. The van der Waals surface area contributed by atoms with Gasteiger partial charge in [-0.25, -0.2) is 4.98 Å². The van der Waals surface area contributed by atoms with Gasteiger partial charge in [0.15, 0.2) is 0 Å². The molecule has 4 heteroatoms. The first-order valence-corrected chi connectivity index (χ1v) is 5.77. The highest BCUT2D eigenvalue weighted by molar-refractivity contribution is 4.96. The summed E-state index contributed by atoms with van der Waals surface area (Å²) in [6.45, 7) is 9.57. The molecule has 1 rings (SSSR count). The monoisotopic (exact) mass is 224 g/mol. The maximum atomic E-state index is 4.11. The molecule has 4 nitrogen and oxygen atoms in total. The van der Waals surface area contributed by atoms with Gasteiger partial charge < -0.3 is 9.88 Å². The third-order valence-electron chi connectivity index (χ3n) is 2.50. The third-order valence-corrected chi connectivity index (χ3v) is 2.50. The number of imidazole rings is 1. The fourth-order valence-corrected chi connectivity index (χ4v) is 1.51. The van der Waals surface area contributed by atoms with Gasteiger partial charge in [-0.15, -0.1) is 0 Å². The highest BCUT2D eigenvalue weighted by atomic mass is 15.1. The second-order valence-corrected chi connectivity index (χ2v) is 5.41. The molecule has 0 saturated carbocycles. The Balaban J connectivity index is 2.26. The van der Waals surface area contributed by atoms with E-state index in [-0.39, 0.29) is 5.54 Å². The van der Waals surface area contributed by atoms with Crippen molar-refractivity contribution in [1.82, 2.24) is 19.8 Å². The number of aryl methyl sites for hydroxylation is 1. The van der Waals surface area contributed by atoms with Crippen LogP contribution in [0.3, 0.4) is 0 Å². The summed E-state index contributed by atoms with van der Waals surface area (Å²) in [6, 6.07) is 0. The Morgan fingerprint density at radius 1 is 1.44 bits per heavy atom. The van der Waals surface area contributed by atoms with Gasteiger partial charge in [0, 0.05) is 38.4 Å². The molecule has 1 heterocycles. The first-order valence-electron chi connectivity index (χ1n) is 5.77. The van der Waals surface area contributed by atoms with E-state index in [1.165, 1.54) is 5.69 Å². The molecule has 92 valence electrons. The van der Waals surface area contributed by atoms with Gasteiger partial charge in [-0.3, -0.25) is 4.90 Å². The van der Waals surface area contributed by atoms with Crippen LogP contribution in [0.1, 0.15) is 26.5 Å². The van der Waals surface area contributed by atoms with Crippen molar-refractivity contribution in [3.8, 4) is 0 Å². The highest BCUT2D eigenvalue weighted by Crippen LogP contribution is 2.01. The number of aromatic nitrogens is 2. The van der Waals surface area contributed by atoms with E-state index >= 15 is 0 Å². The lowest BCUT2D eigenvalue weighted by Crippen LogP contribution is -2.40. The topological polar surface area (TPSA) is 33.1 Å². The molecule has 1 aromatic heterocycles. The number of hydrogen-bond donors (Lipinski definition) is 1. The van der Waals surface area contributed by atoms with Gasteiger partial charge in [0.2, 0.25) is 0 Å². The number of nitrogens with zero attached hydrogens (tertiary/aromatic N) is 3. The molecule has 0 fully saturated rings. The summed E-state index contributed by atoms with van der Waals surface area (Å²) in [5.74, 6) is 0. The molecule has 0 aromatic carbocycles. The van der Waals surface area contributed by atoms with Crippen LogP contribution in [0.15, 0.2) is 12.5 Å². The van der Waals surface area contributed by atoms with Crippen molar-refractivity contribution in [2.24, 2.45) is 7.05 Å². The van der Waals surface area contributed by atoms with E-state index in [1.807, 2.05) is 19.6 Å². The predicted octanol–water partition coefficient (Wildman–Crippen LogP) is 1.24. The molecule has 0 unspecified atom stereocenters. The molecule has 0 aliphatic heterocycles. The van der Waals surface area contributed by atoms with E-state index in [0.29, 0.717) is 0 Å². The van der Waals surface area contributed by atoms with Crippen LogP contribution in [-0.2, 0) is 13.6 Å². The van der Waals surface area contributed by atoms with Crippen molar-refractivity contribution in [2.75, 3.05) is 20.1 Å². The maximum absolute atomic E-state index is 4.11. The zero-order valence-electron chi connectivity index (χ0n) is 11.1. The molecule has 0 radical (unpaired) electrons. The van der Waals surface area contributed by atoms with E-state index in [1.54, 1.807) is 0 Å². The highest BCUT2D eigenvalue weighted by Gasteiger charge is 2.09. The van der Waals surface area contributed by atoms with Gasteiger partial charge in [-0.1, -0.05) is 0 Å². The minimum Gasteiger partial charge on any atom is -0.337 e. The van der Waals surface area contributed by atoms with E-state index in [4.69, 9.17) is 0 Å². The minimum absolute atomic E-state index is 0.202. The molecule has 0 saturated heterocycles. The van der Waals surface area contributed by atoms with Crippen LogP contribution in [0.5, 0.6) is 0 Å². The van der Waals surface area contributed by atoms with Crippen LogP contribution in [0, 0.1) is 0 Å². The lowest BCUT2D eigenvalue weighted by atomic mass is 10.1. The molecule has 1 aromatic rings. The smallest absolute Gasteiger partial charge is 0.0945 e. The molecular formula is C12H24N4. The number of hydrogen-bond acceptors (Lipinski definition) is 3. The second kappa shape index (κ2) is 5.46. The average molecular weight is 224 g/mol. The SMILES string of the molecule is CN(CCNC(C)(C)C)Cc1cncn1C. The number of rotatable bonds is 5. The summed E-state index contributed by atoms with van der Waals surface area (Å²) < 4.78 is 2.06. The van der Waals surface area contributed by atoms with Crippen molar-refractivity contribution in [3.05, 3.63) is 18.2 Å². The Morgan fingerprint density at radius 3 is 2.62 bits per heavy atom. The predicted molar refractivity (Wildman–Crippen MR) is 67.3 cm³/mol. The number of nitrogens with one attached hydrogen (secondary N) is 1. The van der Waals surface area contributed by atoms with E-state index in [9.17, 15) is 0 Å². The van der Waals surface area contributed by atoms with Crippen molar-refractivity contribution < 1.29 is 0 Å². The van der Waals surface area contributed by atoms with Crippen LogP contribution < -0.4 is 5.32 Å². The lowest BCUT2D eigenvalue weighted by molar-refractivity contribution is 0.298. The van der Waals surface area contributed by atoms with Gasteiger partial charge in [0.05, 0.1) is 12.0 Å². The van der Waals surface area contributed by atoms with Crippen LogP contribution in [-0.4, -0.2) is 40.1 Å². The molecular weight excluding hydrogens is 200 g/mol. The van der Waals surface area contributed by atoms with E-state index < -0.39 is 0 Å². The number of likely N-dealkylation sites (N-methyl/N-ethyl adjacent to an activating group) is 1. The van der Waals surface area contributed by atoms with Gasteiger partial charge in [-0.05, 0) is 27.8 Å². The zero-order valence-corrected chi connectivity index (χ0v) is 11.1. The quantitative estimate of drug-likeness (QED) is 0.817. The van der Waals surface area contributed by atoms with Gasteiger partial charge in [-0.2, -0.15) is 0 Å². The van der Waals surface area contributed by atoms with Crippen LogP contribution in [0.25, 0.3) is 0 Å². The molecule has 0 aliphatic rings. The van der Waals surface area contributed by atoms with E-state index in [0.717, 1.165) is 19.6 Å². The molecule has 0 bridgehead atoms. The zero-order chi connectivity index (χ0) is 12.2.